The van der Waals surface area contributed by atoms with Crippen molar-refractivity contribution in [1.29, 1.82) is 0 Å². The summed E-state index contributed by atoms with van der Waals surface area (Å²) in [5.74, 6) is 5.22. The van der Waals surface area contributed by atoms with Gasteiger partial charge in [-0.15, -0.1) is 0 Å². The highest BCUT2D eigenvalue weighted by atomic mass is 19.1. The summed E-state index contributed by atoms with van der Waals surface area (Å²) in [6.45, 7) is 6.53. The third-order valence-electron chi connectivity index (χ3n) is 3.58. The van der Waals surface area contributed by atoms with Gasteiger partial charge in [0.15, 0.2) is 0 Å². The number of hydrogen-bond acceptors (Lipinski definition) is 3. The van der Waals surface area contributed by atoms with Crippen LogP contribution in [0.3, 0.4) is 0 Å². The van der Waals surface area contributed by atoms with E-state index in [1.165, 1.54) is 11.6 Å². The molecule has 0 saturated heterocycles. The van der Waals surface area contributed by atoms with Gasteiger partial charge in [0.2, 0.25) is 0 Å². The van der Waals surface area contributed by atoms with Gasteiger partial charge in [-0.2, -0.15) is 0 Å². The van der Waals surface area contributed by atoms with E-state index in [1.54, 1.807) is 12.3 Å². The van der Waals surface area contributed by atoms with Gasteiger partial charge in [0.05, 0.1) is 11.7 Å². The Bertz CT molecular complexity index is 588. The molecule has 0 aliphatic heterocycles. The molecule has 0 fully saturated rings. The molecule has 2 rings (SSSR count). The highest BCUT2D eigenvalue weighted by Gasteiger charge is 2.17. The van der Waals surface area contributed by atoms with Gasteiger partial charge in [0.25, 0.3) is 0 Å². The van der Waals surface area contributed by atoms with E-state index in [9.17, 15) is 4.39 Å². The first-order chi connectivity index (χ1) is 9.91. The molecule has 1 aromatic heterocycles. The van der Waals surface area contributed by atoms with Crippen molar-refractivity contribution < 1.29 is 4.39 Å². The number of nitrogens with two attached hydrogens (primary N) is 1. The maximum absolute atomic E-state index is 13.8. The molecule has 3 nitrogen and oxygen atoms in total. The largest absolute Gasteiger partial charge is 0.271 e. The van der Waals surface area contributed by atoms with Crippen molar-refractivity contribution in [3.05, 3.63) is 65.2 Å². The summed E-state index contributed by atoms with van der Waals surface area (Å²) in [6, 6.07) is 11.0. The maximum atomic E-state index is 13.8. The minimum atomic E-state index is -0.341. The van der Waals surface area contributed by atoms with Gasteiger partial charge in [0, 0.05) is 6.20 Å². The van der Waals surface area contributed by atoms with E-state index >= 15 is 0 Å². The van der Waals surface area contributed by atoms with Gasteiger partial charge in [-0.3, -0.25) is 16.3 Å². The maximum Gasteiger partial charge on any atom is 0.146 e. The molecule has 0 aliphatic carbocycles. The Kier molecular flexibility index (Phi) is 4.70. The van der Waals surface area contributed by atoms with Crippen molar-refractivity contribution in [2.24, 2.45) is 5.84 Å². The predicted octanol–water partition coefficient (Wildman–Crippen LogP) is 3.27. The summed E-state index contributed by atoms with van der Waals surface area (Å²) in [6.07, 6.45) is 2.17. The summed E-state index contributed by atoms with van der Waals surface area (Å²) in [5, 5.41) is 0. The molecule has 1 unspecified atom stereocenters. The molecule has 112 valence electrons. The topological polar surface area (TPSA) is 50.9 Å². The van der Waals surface area contributed by atoms with Crippen LogP contribution in [0.5, 0.6) is 0 Å². The van der Waals surface area contributed by atoms with Gasteiger partial charge < -0.3 is 0 Å². The molecule has 1 aromatic carbocycles. The van der Waals surface area contributed by atoms with Crippen LogP contribution in [0.1, 0.15) is 43.6 Å². The Labute approximate surface area is 125 Å². The second-order valence-corrected chi connectivity index (χ2v) is 6.24. The second-order valence-electron chi connectivity index (χ2n) is 6.24. The van der Waals surface area contributed by atoms with E-state index in [0.717, 1.165) is 5.56 Å². The molecular formula is C17H22FN3. The summed E-state index contributed by atoms with van der Waals surface area (Å²) in [7, 11) is 0. The van der Waals surface area contributed by atoms with E-state index in [1.807, 2.05) is 0 Å². The SMILES string of the molecule is CC(C)(C)c1ccc(CC(NN)c2ncccc2F)cc1. The van der Waals surface area contributed by atoms with Crippen LogP contribution < -0.4 is 11.3 Å². The zero-order valence-electron chi connectivity index (χ0n) is 12.7. The lowest BCUT2D eigenvalue weighted by molar-refractivity contribution is 0.494. The highest BCUT2D eigenvalue weighted by molar-refractivity contribution is 5.28. The number of aromatic nitrogens is 1. The minimum Gasteiger partial charge on any atom is -0.271 e. The molecule has 0 radical (unpaired) electrons. The number of rotatable bonds is 4. The fraction of sp³-hybridized carbons (Fsp3) is 0.353. The van der Waals surface area contributed by atoms with Crippen LogP contribution in [0.25, 0.3) is 0 Å². The van der Waals surface area contributed by atoms with E-state index in [2.05, 4.69) is 55.4 Å². The van der Waals surface area contributed by atoms with Crippen LogP contribution in [0.4, 0.5) is 4.39 Å². The van der Waals surface area contributed by atoms with Crippen molar-refractivity contribution >= 4 is 0 Å². The van der Waals surface area contributed by atoms with Crippen molar-refractivity contribution in [1.82, 2.24) is 10.4 Å². The molecule has 0 saturated carbocycles. The van der Waals surface area contributed by atoms with E-state index in [0.29, 0.717) is 12.1 Å². The molecule has 1 atom stereocenters. The van der Waals surface area contributed by atoms with Crippen LogP contribution >= 0.6 is 0 Å². The quantitative estimate of drug-likeness (QED) is 0.670. The van der Waals surface area contributed by atoms with Crippen molar-refractivity contribution in [3.8, 4) is 0 Å². The van der Waals surface area contributed by atoms with Crippen LogP contribution in [0.15, 0.2) is 42.6 Å². The normalized spacial score (nSPS) is 13.2. The average molecular weight is 287 g/mol. The molecule has 0 spiro atoms. The lowest BCUT2D eigenvalue weighted by atomic mass is 9.86. The number of halogens is 1. The zero-order valence-corrected chi connectivity index (χ0v) is 12.7. The number of pyridine rings is 1. The molecule has 2 aromatic rings. The molecule has 3 N–H and O–H groups in total. The number of hydrogen-bond donors (Lipinski definition) is 2. The number of nitrogens with zero attached hydrogens (tertiary/aromatic N) is 1. The number of benzene rings is 1. The smallest absolute Gasteiger partial charge is 0.146 e. The van der Waals surface area contributed by atoms with Gasteiger partial charge >= 0.3 is 0 Å². The third kappa shape index (κ3) is 3.86. The van der Waals surface area contributed by atoms with Gasteiger partial charge in [-0.25, -0.2) is 4.39 Å². The van der Waals surface area contributed by atoms with Crippen LogP contribution in [-0.2, 0) is 11.8 Å². The molecule has 0 bridgehead atoms. The van der Waals surface area contributed by atoms with Gasteiger partial charge in [-0.05, 0) is 35.1 Å². The van der Waals surface area contributed by atoms with Gasteiger partial charge in [0.1, 0.15) is 5.82 Å². The molecular weight excluding hydrogens is 265 g/mol. The predicted molar refractivity (Wildman–Crippen MR) is 83.1 cm³/mol. The second kappa shape index (κ2) is 6.33. The van der Waals surface area contributed by atoms with Crippen molar-refractivity contribution in [2.75, 3.05) is 0 Å². The standard InChI is InChI=1S/C17H22FN3/c1-17(2,3)13-8-6-12(7-9-13)11-15(21-19)16-14(18)5-4-10-20-16/h4-10,15,21H,11,19H2,1-3H3. The molecule has 0 amide bonds. The average Bonchev–Trinajstić information content (AvgIpc) is 2.45. The van der Waals surface area contributed by atoms with E-state index in [4.69, 9.17) is 5.84 Å². The van der Waals surface area contributed by atoms with Crippen LogP contribution in [0, 0.1) is 5.82 Å². The number of nitrogens with one attached hydrogen (secondary N) is 1. The van der Waals surface area contributed by atoms with Gasteiger partial charge in [-0.1, -0.05) is 45.0 Å². The molecule has 0 aliphatic rings. The molecule has 1 heterocycles. The first-order valence-electron chi connectivity index (χ1n) is 7.08. The summed E-state index contributed by atoms with van der Waals surface area (Å²) in [5.41, 5.74) is 5.48. The first kappa shape index (κ1) is 15.6. The monoisotopic (exact) mass is 287 g/mol. The number of hydrazine groups is 1. The van der Waals surface area contributed by atoms with Crippen LogP contribution in [0.2, 0.25) is 0 Å². The minimum absolute atomic E-state index is 0.122. The Balaban J connectivity index is 2.18. The third-order valence-corrected chi connectivity index (χ3v) is 3.58. The lowest BCUT2D eigenvalue weighted by Crippen LogP contribution is -2.31. The summed E-state index contributed by atoms with van der Waals surface area (Å²) in [4.78, 5) is 4.08. The highest BCUT2D eigenvalue weighted by Crippen LogP contribution is 2.24. The lowest BCUT2D eigenvalue weighted by Gasteiger charge is -2.20. The molecule has 4 heteroatoms. The fourth-order valence-corrected chi connectivity index (χ4v) is 2.27. The Hall–Kier alpha value is -1.78. The van der Waals surface area contributed by atoms with Crippen molar-refractivity contribution in [3.63, 3.8) is 0 Å². The first-order valence-corrected chi connectivity index (χ1v) is 7.08. The van der Waals surface area contributed by atoms with Crippen LogP contribution in [-0.4, -0.2) is 4.98 Å². The summed E-state index contributed by atoms with van der Waals surface area (Å²) >= 11 is 0. The Morgan fingerprint density at radius 3 is 2.38 bits per heavy atom. The Morgan fingerprint density at radius 2 is 1.86 bits per heavy atom. The fourth-order valence-electron chi connectivity index (χ4n) is 2.27. The van der Waals surface area contributed by atoms with E-state index in [-0.39, 0.29) is 17.3 Å². The van der Waals surface area contributed by atoms with Crippen molar-refractivity contribution in [2.45, 2.75) is 38.6 Å². The zero-order chi connectivity index (χ0) is 15.5. The molecule has 21 heavy (non-hydrogen) atoms. The van der Waals surface area contributed by atoms with E-state index < -0.39 is 0 Å². The Morgan fingerprint density at radius 1 is 1.19 bits per heavy atom. The summed E-state index contributed by atoms with van der Waals surface area (Å²) < 4.78 is 13.8.